The summed E-state index contributed by atoms with van der Waals surface area (Å²) >= 11 is 0. The number of halogens is 1. The Hall–Kier alpha value is -3.16. The Balaban J connectivity index is 1.55. The van der Waals surface area contributed by atoms with Crippen molar-refractivity contribution in [1.82, 2.24) is 20.2 Å². The number of nitrogens with zero attached hydrogens (tertiary/aromatic N) is 4. The third-order valence-electron chi connectivity index (χ3n) is 4.61. The van der Waals surface area contributed by atoms with E-state index in [2.05, 4.69) is 20.8 Å². The summed E-state index contributed by atoms with van der Waals surface area (Å²) in [5.41, 5.74) is 1.59. The fraction of sp³-hybridized carbons (Fsp3) is 0.235. The molecule has 25 heavy (non-hydrogen) atoms. The standard InChI is InChI=1S/C17H14FN5O2/c18-12-4-2-1-3-11(12)14-8-13(19-17-20-21-22-23(14)17)10-5-6-15-16(7-10)25-9-24-15/h1-7,13-14H,8-9H2,(H,19,20,22)/t13-,14-/m0/s1. The van der Waals surface area contributed by atoms with Gasteiger partial charge in [-0.25, -0.2) is 9.07 Å². The van der Waals surface area contributed by atoms with Crippen molar-refractivity contribution in [2.45, 2.75) is 18.5 Å². The third-order valence-corrected chi connectivity index (χ3v) is 4.61. The highest BCUT2D eigenvalue weighted by Gasteiger charge is 2.32. The van der Waals surface area contributed by atoms with Crippen molar-refractivity contribution in [3.63, 3.8) is 0 Å². The predicted molar refractivity (Wildman–Crippen MR) is 85.9 cm³/mol. The van der Waals surface area contributed by atoms with E-state index in [1.807, 2.05) is 24.3 Å². The molecule has 0 fully saturated rings. The van der Waals surface area contributed by atoms with Gasteiger partial charge in [0.1, 0.15) is 5.82 Å². The fourth-order valence-electron chi connectivity index (χ4n) is 3.39. The molecule has 2 aliphatic rings. The molecule has 0 unspecified atom stereocenters. The molecule has 3 aromatic rings. The largest absolute Gasteiger partial charge is 0.454 e. The summed E-state index contributed by atoms with van der Waals surface area (Å²) in [6, 6.07) is 12.2. The maximum atomic E-state index is 14.3. The van der Waals surface area contributed by atoms with E-state index in [4.69, 9.17) is 9.47 Å². The van der Waals surface area contributed by atoms with Crippen LogP contribution in [0.5, 0.6) is 11.5 Å². The molecule has 0 bridgehead atoms. The summed E-state index contributed by atoms with van der Waals surface area (Å²) in [6.45, 7) is 0.229. The molecular formula is C17H14FN5O2. The van der Waals surface area contributed by atoms with Crippen LogP contribution in [-0.4, -0.2) is 27.0 Å². The van der Waals surface area contributed by atoms with Crippen molar-refractivity contribution >= 4 is 5.95 Å². The molecular weight excluding hydrogens is 325 g/mol. The molecule has 5 rings (SSSR count). The molecule has 0 aliphatic carbocycles. The summed E-state index contributed by atoms with van der Waals surface area (Å²) in [4.78, 5) is 0. The zero-order valence-corrected chi connectivity index (χ0v) is 13.1. The first-order valence-electron chi connectivity index (χ1n) is 7.98. The second-order valence-electron chi connectivity index (χ2n) is 6.03. The van der Waals surface area contributed by atoms with Crippen molar-refractivity contribution in [2.24, 2.45) is 0 Å². The van der Waals surface area contributed by atoms with Crippen LogP contribution in [0.3, 0.4) is 0 Å². The first-order chi connectivity index (χ1) is 12.3. The monoisotopic (exact) mass is 339 g/mol. The van der Waals surface area contributed by atoms with E-state index in [0.29, 0.717) is 23.7 Å². The number of hydrogen-bond acceptors (Lipinski definition) is 6. The predicted octanol–water partition coefficient (Wildman–Crippen LogP) is 2.69. The Kier molecular flexibility index (Phi) is 3.09. The van der Waals surface area contributed by atoms with Crippen LogP contribution in [0.25, 0.3) is 0 Å². The summed E-state index contributed by atoms with van der Waals surface area (Å²) < 4.78 is 26.8. The van der Waals surface area contributed by atoms with Gasteiger partial charge in [0.05, 0.1) is 12.1 Å². The van der Waals surface area contributed by atoms with Gasteiger partial charge in [0.25, 0.3) is 0 Å². The van der Waals surface area contributed by atoms with Crippen LogP contribution in [0.1, 0.15) is 29.6 Å². The topological polar surface area (TPSA) is 74.1 Å². The molecule has 1 aromatic heterocycles. The zero-order valence-electron chi connectivity index (χ0n) is 13.1. The Morgan fingerprint density at radius 3 is 2.92 bits per heavy atom. The minimum absolute atomic E-state index is 0.0717. The summed E-state index contributed by atoms with van der Waals surface area (Å²) in [6.07, 6.45) is 0.610. The number of nitrogens with one attached hydrogen (secondary N) is 1. The van der Waals surface area contributed by atoms with Gasteiger partial charge in [-0.3, -0.25) is 0 Å². The third kappa shape index (κ3) is 2.29. The number of tetrazole rings is 1. The molecule has 0 saturated heterocycles. The molecule has 7 nitrogen and oxygen atoms in total. The van der Waals surface area contributed by atoms with Crippen LogP contribution in [0.2, 0.25) is 0 Å². The Morgan fingerprint density at radius 2 is 2.00 bits per heavy atom. The summed E-state index contributed by atoms with van der Waals surface area (Å²) in [5, 5.41) is 15.1. The van der Waals surface area contributed by atoms with Gasteiger partial charge in [0.15, 0.2) is 11.5 Å². The lowest BCUT2D eigenvalue weighted by molar-refractivity contribution is 0.174. The number of anilines is 1. The lowest BCUT2D eigenvalue weighted by atomic mass is 9.93. The van der Waals surface area contributed by atoms with Gasteiger partial charge in [0.2, 0.25) is 12.7 Å². The van der Waals surface area contributed by atoms with Crippen molar-refractivity contribution in [3.05, 3.63) is 59.4 Å². The van der Waals surface area contributed by atoms with Gasteiger partial charge < -0.3 is 14.8 Å². The van der Waals surface area contributed by atoms with Crippen molar-refractivity contribution in [3.8, 4) is 11.5 Å². The molecule has 1 N–H and O–H groups in total. The Bertz CT molecular complexity index is 944. The maximum Gasteiger partial charge on any atom is 0.243 e. The molecule has 0 radical (unpaired) electrons. The fourth-order valence-corrected chi connectivity index (χ4v) is 3.39. The molecule has 3 heterocycles. The highest BCUT2D eigenvalue weighted by atomic mass is 19.1. The minimum atomic E-state index is -0.289. The van der Waals surface area contributed by atoms with Crippen LogP contribution >= 0.6 is 0 Å². The highest BCUT2D eigenvalue weighted by molar-refractivity contribution is 5.47. The number of benzene rings is 2. The first kappa shape index (κ1) is 14.2. The average molecular weight is 339 g/mol. The highest BCUT2D eigenvalue weighted by Crippen LogP contribution is 2.41. The molecule has 2 aliphatic heterocycles. The quantitative estimate of drug-likeness (QED) is 0.774. The van der Waals surface area contributed by atoms with Crippen LogP contribution < -0.4 is 14.8 Å². The SMILES string of the molecule is Fc1ccccc1[C@@H]1C[C@@H](c2ccc3c(c2)OCO3)Nc2nnnn21. The van der Waals surface area contributed by atoms with Gasteiger partial charge in [-0.15, -0.1) is 0 Å². The second-order valence-corrected chi connectivity index (χ2v) is 6.03. The normalized spacial score (nSPS) is 20.8. The van der Waals surface area contributed by atoms with Gasteiger partial charge in [-0.05, 0) is 40.6 Å². The van der Waals surface area contributed by atoms with Crippen molar-refractivity contribution in [2.75, 3.05) is 12.1 Å². The van der Waals surface area contributed by atoms with E-state index >= 15 is 0 Å². The van der Waals surface area contributed by atoms with Gasteiger partial charge >= 0.3 is 0 Å². The zero-order chi connectivity index (χ0) is 16.8. The number of fused-ring (bicyclic) bond motifs is 2. The first-order valence-corrected chi connectivity index (χ1v) is 7.98. The van der Waals surface area contributed by atoms with E-state index < -0.39 is 0 Å². The number of hydrogen-bond donors (Lipinski definition) is 1. The van der Waals surface area contributed by atoms with Crippen molar-refractivity contribution < 1.29 is 13.9 Å². The number of aromatic nitrogens is 4. The molecule has 8 heteroatoms. The van der Waals surface area contributed by atoms with Gasteiger partial charge in [-0.1, -0.05) is 29.4 Å². The molecule has 0 amide bonds. The van der Waals surface area contributed by atoms with Gasteiger partial charge in [-0.2, -0.15) is 0 Å². The summed E-state index contributed by atoms with van der Waals surface area (Å²) in [5.74, 6) is 1.70. The number of rotatable bonds is 2. The van der Waals surface area contributed by atoms with E-state index in [9.17, 15) is 4.39 Å². The second kappa shape index (κ2) is 5.44. The lowest BCUT2D eigenvalue weighted by Crippen LogP contribution is -2.28. The molecule has 2 aromatic carbocycles. The average Bonchev–Trinajstić information content (AvgIpc) is 3.29. The maximum absolute atomic E-state index is 14.3. The van der Waals surface area contributed by atoms with E-state index in [0.717, 1.165) is 11.3 Å². The Labute approximate surface area is 142 Å². The number of ether oxygens (including phenoxy) is 2. The van der Waals surface area contributed by atoms with E-state index in [1.54, 1.807) is 16.8 Å². The van der Waals surface area contributed by atoms with Crippen LogP contribution in [0, 0.1) is 5.82 Å². The van der Waals surface area contributed by atoms with Crippen LogP contribution in [0.4, 0.5) is 10.3 Å². The Morgan fingerprint density at radius 1 is 1.12 bits per heavy atom. The van der Waals surface area contributed by atoms with Crippen molar-refractivity contribution in [1.29, 1.82) is 0 Å². The molecule has 2 atom stereocenters. The van der Waals surface area contributed by atoms with E-state index in [1.165, 1.54) is 6.07 Å². The van der Waals surface area contributed by atoms with E-state index in [-0.39, 0.29) is 24.7 Å². The summed E-state index contributed by atoms with van der Waals surface area (Å²) in [7, 11) is 0. The molecule has 126 valence electrons. The minimum Gasteiger partial charge on any atom is -0.454 e. The molecule has 0 saturated carbocycles. The smallest absolute Gasteiger partial charge is 0.243 e. The van der Waals surface area contributed by atoms with Crippen LogP contribution in [0.15, 0.2) is 42.5 Å². The van der Waals surface area contributed by atoms with Gasteiger partial charge in [0, 0.05) is 5.56 Å². The molecule has 0 spiro atoms. The van der Waals surface area contributed by atoms with Crippen LogP contribution in [-0.2, 0) is 0 Å². The lowest BCUT2D eigenvalue weighted by Gasteiger charge is -2.31.